The van der Waals surface area contributed by atoms with Crippen LogP contribution in [0, 0.1) is 0 Å². The first kappa shape index (κ1) is 25.2. The van der Waals surface area contributed by atoms with Crippen LogP contribution in [-0.2, 0) is 10.3 Å². The van der Waals surface area contributed by atoms with Gasteiger partial charge in [0.05, 0.1) is 26.9 Å². The second-order valence-corrected chi connectivity index (χ2v) is 9.07. The zero-order valence-corrected chi connectivity index (χ0v) is 20.9. The summed E-state index contributed by atoms with van der Waals surface area (Å²) in [4.78, 5) is 2.38. The Morgan fingerprint density at radius 1 is 0.943 bits per heavy atom. The van der Waals surface area contributed by atoms with Gasteiger partial charge in [0.25, 0.3) is 0 Å². The van der Waals surface area contributed by atoms with E-state index in [0.29, 0.717) is 32.1 Å². The largest absolute Gasteiger partial charge is 0.496 e. The zero-order valence-electron chi connectivity index (χ0n) is 20.9. The number of nitrogens with zero attached hydrogens (tertiary/aromatic N) is 1. The van der Waals surface area contributed by atoms with Crippen molar-refractivity contribution in [3.05, 3.63) is 95.6 Å². The maximum absolute atomic E-state index is 12.8. The van der Waals surface area contributed by atoms with E-state index in [1.807, 2.05) is 66.7 Å². The highest BCUT2D eigenvalue weighted by Crippen LogP contribution is 2.46. The molecule has 4 rings (SSSR count). The molecule has 0 spiro atoms. The maximum Gasteiger partial charge on any atom is 0.126 e. The van der Waals surface area contributed by atoms with Crippen LogP contribution in [0.4, 0.5) is 0 Å². The number of unbranched alkanes of at least 4 members (excludes halogenated alkanes) is 1. The van der Waals surface area contributed by atoms with Gasteiger partial charge in [-0.3, -0.25) is 4.90 Å². The van der Waals surface area contributed by atoms with E-state index < -0.39 is 5.60 Å². The Bertz CT molecular complexity index is 1030. The number of benzene rings is 3. The van der Waals surface area contributed by atoms with Crippen LogP contribution >= 0.6 is 0 Å². The molecule has 0 unspecified atom stereocenters. The van der Waals surface area contributed by atoms with E-state index in [-0.39, 0.29) is 5.92 Å². The van der Waals surface area contributed by atoms with Crippen LogP contribution in [0.3, 0.4) is 0 Å². The topological polar surface area (TPSA) is 51.2 Å². The molecule has 1 aliphatic heterocycles. The van der Waals surface area contributed by atoms with E-state index >= 15 is 0 Å². The fourth-order valence-corrected chi connectivity index (χ4v) is 4.85. The minimum Gasteiger partial charge on any atom is -0.496 e. The Hall–Kier alpha value is -2.86. The van der Waals surface area contributed by atoms with Crippen molar-refractivity contribution in [2.45, 2.75) is 31.3 Å². The first-order valence-corrected chi connectivity index (χ1v) is 12.6. The third-order valence-electron chi connectivity index (χ3n) is 6.83. The molecule has 1 N–H and O–H groups in total. The smallest absolute Gasteiger partial charge is 0.126 e. The fourth-order valence-electron chi connectivity index (χ4n) is 4.85. The normalized spacial score (nSPS) is 16.9. The summed E-state index contributed by atoms with van der Waals surface area (Å²) in [6, 6.07) is 26.0. The number of aliphatic hydroxyl groups is 1. The molecule has 1 saturated heterocycles. The summed E-state index contributed by atoms with van der Waals surface area (Å²) in [7, 11) is 1.66. The Morgan fingerprint density at radius 2 is 1.63 bits per heavy atom. The third kappa shape index (κ3) is 5.87. The molecule has 35 heavy (non-hydrogen) atoms. The zero-order chi connectivity index (χ0) is 24.5. The van der Waals surface area contributed by atoms with Gasteiger partial charge >= 0.3 is 0 Å². The summed E-state index contributed by atoms with van der Waals surface area (Å²) in [5.41, 5.74) is 1.32. The Balaban J connectivity index is 1.81. The van der Waals surface area contributed by atoms with E-state index in [4.69, 9.17) is 14.2 Å². The number of ether oxygens (including phenoxy) is 3. The van der Waals surface area contributed by atoms with Crippen molar-refractivity contribution in [2.75, 3.05) is 46.6 Å². The number of hydrogen-bond donors (Lipinski definition) is 1. The molecular formula is C30H37NO4. The SMILES string of the molecule is CCCCOc1ccc([C@@](O)(c2ccccc2OC)[C@@H](CN2CCOCC2)c2ccccc2)cc1. The van der Waals surface area contributed by atoms with Gasteiger partial charge in [-0.25, -0.2) is 0 Å². The molecule has 1 aliphatic rings. The molecule has 5 heteroatoms. The van der Waals surface area contributed by atoms with Gasteiger partial charge in [-0.2, -0.15) is 0 Å². The lowest BCUT2D eigenvalue weighted by Crippen LogP contribution is -2.45. The maximum atomic E-state index is 12.8. The number of methoxy groups -OCH3 is 1. The molecule has 0 aliphatic carbocycles. The molecule has 0 amide bonds. The van der Waals surface area contributed by atoms with Gasteiger partial charge in [-0.05, 0) is 35.7 Å². The van der Waals surface area contributed by atoms with Crippen molar-refractivity contribution < 1.29 is 19.3 Å². The Kier molecular flexibility index (Phi) is 8.80. The summed E-state index contributed by atoms with van der Waals surface area (Å²) in [6.45, 7) is 6.63. The van der Waals surface area contributed by atoms with Crippen molar-refractivity contribution in [1.29, 1.82) is 0 Å². The molecule has 0 bridgehead atoms. The van der Waals surface area contributed by atoms with E-state index in [0.717, 1.165) is 48.4 Å². The van der Waals surface area contributed by atoms with Crippen LogP contribution in [0.15, 0.2) is 78.9 Å². The number of morpholine rings is 1. The second-order valence-electron chi connectivity index (χ2n) is 9.07. The summed E-state index contributed by atoms with van der Waals surface area (Å²) in [5.74, 6) is 1.25. The molecule has 5 nitrogen and oxygen atoms in total. The van der Waals surface area contributed by atoms with Gasteiger partial charge in [0.15, 0.2) is 0 Å². The lowest BCUT2D eigenvalue weighted by atomic mass is 9.72. The predicted octanol–water partition coefficient (Wildman–Crippen LogP) is 5.23. The fraction of sp³-hybridized carbons (Fsp3) is 0.400. The van der Waals surface area contributed by atoms with Gasteiger partial charge in [0, 0.05) is 31.1 Å². The average Bonchev–Trinajstić information content (AvgIpc) is 2.93. The van der Waals surface area contributed by atoms with Crippen LogP contribution in [0.2, 0.25) is 0 Å². The molecule has 1 fully saturated rings. The van der Waals surface area contributed by atoms with Crippen molar-refractivity contribution >= 4 is 0 Å². The Morgan fingerprint density at radius 3 is 2.31 bits per heavy atom. The van der Waals surface area contributed by atoms with Crippen molar-refractivity contribution in [3.8, 4) is 11.5 Å². The summed E-state index contributed by atoms with van der Waals surface area (Å²) in [6.07, 6.45) is 2.11. The van der Waals surface area contributed by atoms with Gasteiger partial charge in [-0.15, -0.1) is 0 Å². The van der Waals surface area contributed by atoms with E-state index in [1.54, 1.807) is 7.11 Å². The lowest BCUT2D eigenvalue weighted by Gasteiger charge is -2.41. The van der Waals surface area contributed by atoms with Gasteiger partial charge in [0.2, 0.25) is 0 Å². The molecule has 0 aromatic heterocycles. The molecule has 186 valence electrons. The summed E-state index contributed by atoms with van der Waals surface area (Å²) < 4.78 is 17.3. The van der Waals surface area contributed by atoms with Crippen LogP contribution in [0.25, 0.3) is 0 Å². The van der Waals surface area contributed by atoms with E-state index in [1.165, 1.54) is 0 Å². The van der Waals surface area contributed by atoms with E-state index in [9.17, 15) is 5.11 Å². The molecule has 3 aromatic rings. The molecular weight excluding hydrogens is 438 g/mol. The first-order valence-electron chi connectivity index (χ1n) is 12.6. The third-order valence-corrected chi connectivity index (χ3v) is 6.83. The highest BCUT2D eigenvalue weighted by Gasteiger charge is 2.44. The predicted molar refractivity (Wildman–Crippen MR) is 139 cm³/mol. The summed E-state index contributed by atoms with van der Waals surface area (Å²) >= 11 is 0. The molecule has 0 radical (unpaired) electrons. The molecule has 1 heterocycles. The quantitative estimate of drug-likeness (QED) is 0.385. The Labute approximate surface area is 209 Å². The van der Waals surface area contributed by atoms with Crippen molar-refractivity contribution in [1.82, 2.24) is 4.90 Å². The number of para-hydroxylation sites is 1. The minimum atomic E-state index is -1.33. The first-order chi connectivity index (χ1) is 17.2. The molecule has 0 saturated carbocycles. The summed E-state index contributed by atoms with van der Waals surface area (Å²) in [5, 5.41) is 12.8. The van der Waals surface area contributed by atoms with Crippen LogP contribution in [0.1, 0.15) is 42.4 Å². The molecule has 2 atom stereocenters. The van der Waals surface area contributed by atoms with E-state index in [2.05, 4.69) is 24.0 Å². The van der Waals surface area contributed by atoms with Gasteiger partial charge < -0.3 is 19.3 Å². The highest BCUT2D eigenvalue weighted by atomic mass is 16.5. The number of rotatable bonds is 11. The number of hydrogen-bond acceptors (Lipinski definition) is 5. The van der Waals surface area contributed by atoms with Gasteiger partial charge in [0.1, 0.15) is 17.1 Å². The standard InChI is InChI=1S/C30H37NO4/c1-3-4-20-35-26-16-14-25(15-17-26)30(32,27-12-8-9-13-29(27)33-2)28(24-10-6-5-7-11-24)23-31-18-21-34-22-19-31/h5-17,28,32H,3-4,18-23H2,1-2H3/t28-,30+/m0/s1. The monoisotopic (exact) mass is 475 g/mol. The lowest BCUT2D eigenvalue weighted by molar-refractivity contribution is -0.000153. The van der Waals surface area contributed by atoms with Crippen LogP contribution in [0.5, 0.6) is 11.5 Å². The second kappa shape index (κ2) is 12.2. The van der Waals surface area contributed by atoms with Gasteiger partial charge in [-0.1, -0.05) is 74.0 Å². The van der Waals surface area contributed by atoms with Crippen molar-refractivity contribution in [2.24, 2.45) is 0 Å². The average molecular weight is 476 g/mol. The van der Waals surface area contributed by atoms with Crippen LogP contribution in [-0.4, -0.2) is 56.6 Å². The molecule has 3 aromatic carbocycles. The van der Waals surface area contributed by atoms with Crippen molar-refractivity contribution in [3.63, 3.8) is 0 Å². The highest BCUT2D eigenvalue weighted by molar-refractivity contribution is 5.49. The van der Waals surface area contributed by atoms with Crippen LogP contribution < -0.4 is 9.47 Å². The minimum absolute atomic E-state index is 0.232.